The number of carbonyl (C=O) groups excluding carboxylic acids is 1. The summed E-state index contributed by atoms with van der Waals surface area (Å²) in [4.78, 5) is 14.9. The molecule has 112 valence electrons. The lowest BCUT2D eigenvalue weighted by Gasteiger charge is -2.40. The lowest BCUT2D eigenvalue weighted by atomic mass is 10.0. The zero-order valence-corrected chi connectivity index (χ0v) is 13.0. The Labute approximate surface area is 121 Å². The number of nitrogens with zero attached hydrogens (tertiary/aromatic N) is 3. The van der Waals surface area contributed by atoms with Crippen molar-refractivity contribution in [2.75, 3.05) is 13.1 Å². The van der Waals surface area contributed by atoms with Crippen LogP contribution in [0.3, 0.4) is 0 Å². The lowest BCUT2D eigenvalue weighted by Crippen LogP contribution is -2.58. The van der Waals surface area contributed by atoms with Gasteiger partial charge in [-0.15, -0.1) is 0 Å². The second-order valence-electron chi connectivity index (χ2n) is 5.55. The average Bonchev–Trinajstić information content (AvgIpc) is 2.86. The number of nitrogens with one attached hydrogen (secondary N) is 1. The fraction of sp³-hybridized carbons (Fsp3) is 0.733. The van der Waals surface area contributed by atoms with Gasteiger partial charge in [-0.2, -0.15) is 5.10 Å². The van der Waals surface area contributed by atoms with Crippen molar-refractivity contribution < 1.29 is 4.79 Å². The number of carbonyl (C=O) groups is 1. The van der Waals surface area contributed by atoms with Crippen LogP contribution in [0.1, 0.15) is 49.7 Å². The van der Waals surface area contributed by atoms with Crippen LogP contribution in [-0.2, 0) is 13.5 Å². The summed E-state index contributed by atoms with van der Waals surface area (Å²) in [6.07, 6.45) is 4.68. The maximum Gasteiger partial charge on any atom is 0.257 e. The van der Waals surface area contributed by atoms with Crippen molar-refractivity contribution >= 4 is 5.91 Å². The Morgan fingerprint density at radius 1 is 1.40 bits per heavy atom. The van der Waals surface area contributed by atoms with Crippen LogP contribution in [-0.4, -0.2) is 45.8 Å². The van der Waals surface area contributed by atoms with E-state index in [0.717, 1.165) is 43.6 Å². The molecular formula is C15H26N4O. The van der Waals surface area contributed by atoms with Crippen LogP contribution in [0.4, 0.5) is 0 Å². The quantitative estimate of drug-likeness (QED) is 0.910. The fourth-order valence-electron chi connectivity index (χ4n) is 2.88. The third-order valence-corrected chi connectivity index (χ3v) is 4.20. The topological polar surface area (TPSA) is 50.2 Å². The number of aromatic nitrogens is 2. The van der Waals surface area contributed by atoms with E-state index in [4.69, 9.17) is 0 Å². The maximum atomic E-state index is 12.9. The van der Waals surface area contributed by atoms with Crippen molar-refractivity contribution in [1.29, 1.82) is 0 Å². The molecule has 5 heteroatoms. The molecule has 5 nitrogen and oxygen atoms in total. The Balaban J connectivity index is 2.24. The molecule has 1 amide bonds. The molecule has 2 unspecified atom stereocenters. The van der Waals surface area contributed by atoms with Crippen LogP contribution in [0, 0.1) is 0 Å². The first-order valence-corrected chi connectivity index (χ1v) is 7.67. The van der Waals surface area contributed by atoms with E-state index in [9.17, 15) is 4.79 Å². The molecular weight excluding hydrogens is 252 g/mol. The molecule has 2 rings (SSSR count). The van der Waals surface area contributed by atoms with Crippen molar-refractivity contribution in [3.05, 3.63) is 17.5 Å². The number of piperazine rings is 1. The highest BCUT2D eigenvalue weighted by Gasteiger charge is 2.31. The summed E-state index contributed by atoms with van der Waals surface area (Å²) in [5.74, 6) is 0.141. The molecule has 20 heavy (non-hydrogen) atoms. The van der Waals surface area contributed by atoms with E-state index in [1.807, 2.05) is 25.1 Å². The standard InChI is InChI=1S/C15H26N4O/c1-5-11-9-19(12(6-2)8-16-11)15(20)13-10-18(4)17-14(13)7-3/h10-12,16H,5-9H2,1-4H3. The van der Waals surface area contributed by atoms with Gasteiger partial charge in [-0.25, -0.2) is 0 Å². The Morgan fingerprint density at radius 3 is 2.75 bits per heavy atom. The van der Waals surface area contributed by atoms with Crippen LogP contribution in [0.2, 0.25) is 0 Å². The monoisotopic (exact) mass is 278 g/mol. The summed E-state index contributed by atoms with van der Waals surface area (Å²) in [6, 6.07) is 0.693. The fourth-order valence-corrected chi connectivity index (χ4v) is 2.88. The van der Waals surface area contributed by atoms with Crippen LogP contribution >= 0.6 is 0 Å². The molecule has 0 spiro atoms. The molecule has 1 aromatic heterocycles. The van der Waals surface area contributed by atoms with Gasteiger partial charge in [-0.05, 0) is 19.3 Å². The summed E-state index contributed by atoms with van der Waals surface area (Å²) in [5.41, 5.74) is 1.67. The normalized spacial score (nSPS) is 23.1. The van der Waals surface area contributed by atoms with Gasteiger partial charge in [-0.3, -0.25) is 9.48 Å². The van der Waals surface area contributed by atoms with Gasteiger partial charge < -0.3 is 10.2 Å². The van der Waals surface area contributed by atoms with Gasteiger partial charge in [0.25, 0.3) is 5.91 Å². The molecule has 2 atom stereocenters. The second kappa shape index (κ2) is 6.39. The minimum atomic E-state index is 0.141. The van der Waals surface area contributed by atoms with Gasteiger partial charge in [0.1, 0.15) is 0 Å². The molecule has 0 saturated carbocycles. The van der Waals surface area contributed by atoms with Gasteiger partial charge in [0.05, 0.1) is 11.3 Å². The molecule has 0 bridgehead atoms. The summed E-state index contributed by atoms with van der Waals surface area (Å²) in [7, 11) is 1.87. The highest BCUT2D eigenvalue weighted by atomic mass is 16.2. The van der Waals surface area contributed by atoms with E-state index in [0.29, 0.717) is 6.04 Å². The van der Waals surface area contributed by atoms with Gasteiger partial charge in [0.15, 0.2) is 0 Å². The predicted octanol–water partition coefficient (Wildman–Crippen LogP) is 1.59. The van der Waals surface area contributed by atoms with Gasteiger partial charge in [0, 0.05) is 38.4 Å². The van der Waals surface area contributed by atoms with E-state index in [2.05, 4.69) is 24.3 Å². The van der Waals surface area contributed by atoms with Crippen molar-refractivity contribution in [2.45, 2.75) is 52.1 Å². The summed E-state index contributed by atoms with van der Waals surface area (Å²) < 4.78 is 1.74. The van der Waals surface area contributed by atoms with Gasteiger partial charge >= 0.3 is 0 Å². The van der Waals surface area contributed by atoms with E-state index in [-0.39, 0.29) is 11.9 Å². The third-order valence-electron chi connectivity index (χ3n) is 4.20. The highest BCUT2D eigenvalue weighted by Crippen LogP contribution is 2.18. The largest absolute Gasteiger partial charge is 0.333 e. The number of rotatable bonds is 4. The maximum absolute atomic E-state index is 12.9. The van der Waals surface area contributed by atoms with Gasteiger partial charge in [-0.1, -0.05) is 20.8 Å². The summed E-state index contributed by atoms with van der Waals surface area (Å²) in [5, 5.41) is 7.91. The molecule has 1 fully saturated rings. The molecule has 0 radical (unpaired) electrons. The molecule has 0 aliphatic carbocycles. The van der Waals surface area contributed by atoms with Crippen molar-refractivity contribution in [3.63, 3.8) is 0 Å². The summed E-state index contributed by atoms with van der Waals surface area (Å²) >= 11 is 0. The highest BCUT2D eigenvalue weighted by molar-refractivity contribution is 5.95. The number of amides is 1. The molecule has 1 N–H and O–H groups in total. The van der Waals surface area contributed by atoms with Crippen molar-refractivity contribution in [3.8, 4) is 0 Å². The molecule has 2 heterocycles. The Hall–Kier alpha value is -1.36. The first-order chi connectivity index (χ1) is 9.60. The second-order valence-corrected chi connectivity index (χ2v) is 5.55. The molecule has 0 aromatic carbocycles. The van der Waals surface area contributed by atoms with Crippen LogP contribution < -0.4 is 5.32 Å². The van der Waals surface area contributed by atoms with Gasteiger partial charge in [0.2, 0.25) is 0 Å². The Bertz CT molecular complexity index is 468. The molecule has 1 saturated heterocycles. The molecule has 1 aliphatic heterocycles. The predicted molar refractivity (Wildman–Crippen MR) is 79.8 cm³/mol. The van der Waals surface area contributed by atoms with Crippen LogP contribution in [0.5, 0.6) is 0 Å². The van der Waals surface area contributed by atoms with E-state index in [1.165, 1.54) is 0 Å². The molecule has 1 aliphatic rings. The van der Waals surface area contributed by atoms with Crippen LogP contribution in [0.25, 0.3) is 0 Å². The summed E-state index contributed by atoms with van der Waals surface area (Å²) in [6.45, 7) is 8.04. The van der Waals surface area contributed by atoms with E-state index in [1.54, 1.807) is 4.68 Å². The zero-order valence-electron chi connectivity index (χ0n) is 13.0. The molecule has 1 aromatic rings. The van der Waals surface area contributed by atoms with Crippen LogP contribution in [0.15, 0.2) is 6.20 Å². The minimum absolute atomic E-state index is 0.141. The van der Waals surface area contributed by atoms with Crippen molar-refractivity contribution in [2.24, 2.45) is 7.05 Å². The Kier molecular flexibility index (Phi) is 4.81. The lowest BCUT2D eigenvalue weighted by molar-refractivity contribution is 0.0575. The number of aryl methyl sites for hydroxylation is 2. The van der Waals surface area contributed by atoms with E-state index >= 15 is 0 Å². The first kappa shape index (κ1) is 15.0. The van der Waals surface area contributed by atoms with E-state index < -0.39 is 0 Å². The zero-order chi connectivity index (χ0) is 14.7. The first-order valence-electron chi connectivity index (χ1n) is 7.67. The number of hydrogen-bond acceptors (Lipinski definition) is 3. The number of hydrogen-bond donors (Lipinski definition) is 1. The smallest absolute Gasteiger partial charge is 0.257 e. The minimum Gasteiger partial charge on any atom is -0.333 e. The van der Waals surface area contributed by atoms with Crippen molar-refractivity contribution in [1.82, 2.24) is 20.0 Å². The average molecular weight is 278 g/mol. The third kappa shape index (κ3) is 2.87. The SMILES string of the molecule is CCc1nn(C)cc1C(=O)N1CC(CC)NCC1CC. The Morgan fingerprint density at radius 2 is 2.15 bits per heavy atom.